The average molecular weight is 284 g/mol. The van der Waals surface area contributed by atoms with E-state index in [1.54, 1.807) is 11.8 Å². The van der Waals surface area contributed by atoms with E-state index >= 15 is 0 Å². The zero-order valence-electron chi connectivity index (χ0n) is 12.4. The summed E-state index contributed by atoms with van der Waals surface area (Å²) in [5, 5.41) is 0. The fourth-order valence-corrected chi connectivity index (χ4v) is 2.70. The third-order valence-corrected chi connectivity index (χ3v) is 4.16. The lowest BCUT2D eigenvalue weighted by Crippen LogP contribution is -2.11. The standard InChI is InChI=1S/C18H20OS/c1-18(2,3)14-11-9-13(10-12-14)17(19)15-7-5-6-8-16(15)20-4/h5-12H,1-4H3. The van der Waals surface area contributed by atoms with Gasteiger partial charge in [0.05, 0.1) is 0 Å². The molecule has 0 heterocycles. The lowest BCUT2D eigenvalue weighted by atomic mass is 9.86. The van der Waals surface area contributed by atoms with Crippen LogP contribution in [0, 0.1) is 0 Å². The van der Waals surface area contributed by atoms with Crippen LogP contribution in [-0.4, -0.2) is 12.0 Å². The Hall–Kier alpha value is -1.54. The Bertz CT molecular complexity index is 606. The molecule has 0 unspecified atom stereocenters. The predicted octanol–water partition coefficient (Wildman–Crippen LogP) is 4.94. The second-order valence-corrected chi connectivity index (χ2v) is 6.70. The molecule has 2 rings (SSSR count). The van der Waals surface area contributed by atoms with Crippen LogP contribution >= 0.6 is 11.8 Å². The minimum Gasteiger partial charge on any atom is -0.289 e. The first kappa shape index (κ1) is 14.9. The highest BCUT2D eigenvalue weighted by molar-refractivity contribution is 7.98. The number of thioether (sulfide) groups is 1. The molecular weight excluding hydrogens is 264 g/mol. The fraction of sp³-hybridized carbons (Fsp3) is 0.278. The van der Waals surface area contributed by atoms with E-state index in [0.717, 1.165) is 16.0 Å². The maximum atomic E-state index is 12.6. The van der Waals surface area contributed by atoms with Crippen molar-refractivity contribution >= 4 is 17.5 Å². The first-order chi connectivity index (χ1) is 9.43. The van der Waals surface area contributed by atoms with Gasteiger partial charge in [0.2, 0.25) is 0 Å². The average Bonchev–Trinajstić information content (AvgIpc) is 2.45. The summed E-state index contributed by atoms with van der Waals surface area (Å²) in [4.78, 5) is 13.6. The molecule has 0 bridgehead atoms. The smallest absolute Gasteiger partial charge is 0.194 e. The largest absolute Gasteiger partial charge is 0.289 e. The minimum absolute atomic E-state index is 0.0930. The molecule has 0 saturated carbocycles. The fourth-order valence-electron chi connectivity index (χ4n) is 2.11. The van der Waals surface area contributed by atoms with Gasteiger partial charge in [0.15, 0.2) is 5.78 Å². The number of hydrogen-bond acceptors (Lipinski definition) is 2. The molecule has 0 aromatic heterocycles. The number of hydrogen-bond donors (Lipinski definition) is 0. The molecule has 0 aliphatic heterocycles. The highest BCUT2D eigenvalue weighted by Gasteiger charge is 2.16. The van der Waals surface area contributed by atoms with Crippen molar-refractivity contribution in [2.75, 3.05) is 6.26 Å². The molecule has 0 saturated heterocycles. The molecule has 0 N–H and O–H groups in total. The number of carbonyl (C=O) groups is 1. The van der Waals surface area contributed by atoms with Crippen LogP contribution in [0.25, 0.3) is 0 Å². The summed E-state index contributed by atoms with van der Waals surface area (Å²) in [7, 11) is 0. The van der Waals surface area contributed by atoms with Gasteiger partial charge in [-0.3, -0.25) is 4.79 Å². The SMILES string of the molecule is CSc1ccccc1C(=O)c1ccc(C(C)(C)C)cc1. The maximum Gasteiger partial charge on any atom is 0.194 e. The molecular formula is C18H20OS. The normalized spacial score (nSPS) is 11.4. The zero-order chi connectivity index (χ0) is 14.8. The van der Waals surface area contributed by atoms with E-state index in [4.69, 9.17) is 0 Å². The third-order valence-electron chi connectivity index (χ3n) is 3.36. The molecule has 0 amide bonds. The predicted molar refractivity (Wildman–Crippen MR) is 86.8 cm³/mol. The van der Waals surface area contributed by atoms with Crippen LogP contribution in [0.4, 0.5) is 0 Å². The van der Waals surface area contributed by atoms with E-state index in [-0.39, 0.29) is 11.2 Å². The highest BCUT2D eigenvalue weighted by atomic mass is 32.2. The van der Waals surface area contributed by atoms with Gasteiger partial charge in [-0.2, -0.15) is 0 Å². The van der Waals surface area contributed by atoms with E-state index < -0.39 is 0 Å². The molecule has 2 heteroatoms. The highest BCUT2D eigenvalue weighted by Crippen LogP contribution is 2.25. The van der Waals surface area contributed by atoms with Crippen molar-refractivity contribution in [3.8, 4) is 0 Å². The van der Waals surface area contributed by atoms with Crippen LogP contribution in [0.1, 0.15) is 42.3 Å². The van der Waals surface area contributed by atoms with Gasteiger partial charge in [-0.25, -0.2) is 0 Å². The molecule has 20 heavy (non-hydrogen) atoms. The molecule has 0 aliphatic carbocycles. The van der Waals surface area contributed by atoms with Crippen LogP contribution in [0.15, 0.2) is 53.4 Å². The molecule has 2 aromatic carbocycles. The van der Waals surface area contributed by atoms with Crippen molar-refractivity contribution < 1.29 is 4.79 Å². The summed E-state index contributed by atoms with van der Waals surface area (Å²) in [6.45, 7) is 6.52. The Morgan fingerprint density at radius 1 is 0.950 bits per heavy atom. The van der Waals surface area contributed by atoms with E-state index in [2.05, 4.69) is 32.9 Å². The molecule has 104 valence electrons. The van der Waals surface area contributed by atoms with Gasteiger partial charge in [0.1, 0.15) is 0 Å². The van der Waals surface area contributed by atoms with Gasteiger partial charge in [-0.1, -0.05) is 57.2 Å². The molecule has 0 fully saturated rings. The maximum absolute atomic E-state index is 12.6. The van der Waals surface area contributed by atoms with Crippen LogP contribution in [0.5, 0.6) is 0 Å². The minimum atomic E-state index is 0.0930. The van der Waals surface area contributed by atoms with Gasteiger partial charge in [-0.05, 0) is 29.4 Å². The lowest BCUT2D eigenvalue weighted by molar-refractivity contribution is 0.103. The Morgan fingerprint density at radius 2 is 1.55 bits per heavy atom. The topological polar surface area (TPSA) is 17.1 Å². The van der Waals surface area contributed by atoms with Gasteiger partial charge in [-0.15, -0.1) is 11.8 Å². The Morgan fingerprint density at radius 3 is 2.10 bits per heavy atom. The van der Waals surface area contributed by atoms with Crippen LogP contribution < -0.4 is 0 Å². The molecule has 0 radical (unpaired) electrons. The molecule has 0 aliphatic rings. The monoisotopic (exact) mass is 284 g/mol. The summed E-state index contributed by atoms with van der Waals surface area (Å²) >= 11 is 1.60. The summed E-state index contributed by atoms with van der Waals surface area (Å²) in [5.41, 5.74) is 2.88. The van der Waals surface area contributed by atoms with Crippen molar-refractivity contribution in [3.63, 3.8) is 0 Å². The van der Waals surface area contributed by atoms with Crippen molar-refractivity contribution in [2.24, 2.45) is 0 Å². The first-order valence-corrected chi connectivity index (χ1v) is 7.94. The molecule has 1 nitrogen and oxygen atoms in total. The first-order valence-electron chi connectivity index (χ1n) is 6.72. The lowest BCUT2D eigenvalue weighted by Gasteiger charge is -2.19. The second kappa shape index (κ2) is 5.84. The van der Waals surface area contributed by atoms with E-state index in [0.29, 0.717) is 0 Å². The summed E-state index contributed by atoms with van der Waals surface area (Å²) in [5.74, 6) is 0.0930. The van der Waals surface area contributed by atoms with Crippen molar-refractivity contribution in [1.29, 1.82) is 0 Å². The van der Waals surface area contributed by atoms with Gasteiger partial charge in [0, 0.05) is 16.0 Å². The zero-order valence-corrected chi connectivity index (χ0v) is 13.3. The summed E-state index contributed by atoms with van der Waals surface area (Å²) < 4.78 is 0. The van der Waals surface area contributed by atoms with Crippen molar-refractivity contribution in [1.82, 2.24) is 0 Å². The summed E-state index contributed by atoms with van der Waals surface area (Å²) in [6.07, 6.45) is 1.99. The molecule has 2 aromatic rings. The van der Waals surface area contributed by atoms with Gasteiger partial charge in [0.25, 0.3) is 0 Å². The van der Waals surface area contributed by atoms with E-state index in [1.807, 2.05) is 42.7 Å². The number of carbonyl (C=O) groups excluding carboxylic acids is 1. The number of benzene rings is 2. The van der Waals surface area contributed by atoms with Crippen LogP contribution in [0.2, 0.25) is 0 Å². The number of rotatable bonds is 3. The van der Waals surface area contributed by atoms with Crippen molar-refractivity contribution in [3.05, 3.63) is 65.2 Å². The summed E-state index contributed by atoms with van der Waals surface area (Å²) in [6, 6.07) is 15.7. The molecule has 0 spiro atoms. The quantitative estimate of drug-likeness (QED) is 0.587. The number of ketones is 1. The Balaban J connectivity index is 2.34. The molecule has 0 atom stereocenters. The van der Waals surface area contributed by atoms with E-state index in [1.165, 1.54) is 5.56 Å². The third kappa shape index (κ3) is 3.13. The second-order valence-electron chi connectivity index (χ2n) is 5.86. The van der Waals surface area contributed by atoms with Gasteiger partial charge < -0.3 is 0 Å². The Kier molecular flexibility index (Phi) is 4.34. The Labute approximate surface area is 125 Å². The van der Waals surface area contributed by atoms with E-state index in [9.17, 15) is 4.79 Å². The van der Waals surface area contributed by atoms with Crippen LogP contribution in [-0.2, 0) is 5.41 Å². The van der Waals surface area contributed by atoms with Gasteiger partial charge >= 0.3 is 0 Å². The van der Waals surface area contributed by atoms with Crippen LogP contribution in [0.3, 0.4) is 0 Å². The van der Waals surface area contributed by atoms with Crippen molar-refractivity contribution in [2.45, 2.75) is 31.1 Å².